The smallest absolute Gasteiger partial charge is 0.255 e. The highest BCUT2D eigenvalue weighted by Crippen LogP contribution is 2.32. The third kappa shape index (κ3) is 2.60. The van der Waals surface area contributed by atoms with Crippen LogP contribution >= 0.6 is 0 Å². The first kappa shape index (κ1) is 16.0. The maximum Gasteiger partial charge on any atom is 0.255 e. The van der Waals surface area contributed by atoms with Gasteiger partial charge in [0.1, 0.15) is 5.52 Å². The van der Waals surface area contributed by atoms with E-state index in [1.807, 2.05) is 18.2 Å². The van der Waals surface area contributed by atoms with Gasteiger partial charge in [-0.25, -0.2) is 0 Å². The van der Waals surface area contributed by atoms with E-state index in [1.54, 1.807) is 24.4 Å². The van der Waals surface area contributed by atoms with Crippen LogP contribution in [0.1, 0.15) is 41.4 Å². The van der Waals surface area contributed by atoms with E-state index in [2.05, 4.69) is 22.4 Å². The fourth-order valence-corrected chi connectivity index (χ4v) is 3.26. The summed E-state index contributed by atoms with van der Waals surface area (Å²) in [5.74, 6) is -0.330. The molecule has 1 amide bonds. The number of aromatic nitrogens is 1. The Labute approximate surface area is 141 Å². The minimum Gasteiger partial charge on any atom is -0.505 e. The number of nitrogens with zero attached hydrogens (tertiary/aromatic N) is 1. The van der Waals surface area contributed by atoms with Crippen LogP contribution in [-0.2, 0) is 6.42 Å². The van der Waals surface area contributed by atoms with Crippen molar-refractivity contribution in [3.63, 3.8) is 0 Å². The lowest BCUT2D eigenvalue weighted by Crippen LogP contribution is -2.27. The summed E-state index contributed by atoms with van der Waals surface area (Å²) < 4.78 is 0. The van der Waals surface area contributed by atoms with Crippen LogP contribution in [0, 0.1) is 0 Å². The second-order valence-electron chi connectivity index (χ2n) is 5.80. The fraction of sp³-hybridized carbons (Fsp3) is 0.200. The van der Waals surface area contributed by atoms with E-state index < -0.39 is 0 Å². The van der Waals surface area contributed by atoms with Gasteiger partial charge in [-0.1, -0.05) is 43.8 Å². The van der Waals surface area contributed by atoms with Crippen LogP contribution in [0.25, 0.3) is 10.9 Å². The Kier molecular flexibility index (Phi) is 4.21. The summed E-state index contributed by atoms with van der Waals surface area (Å²) in [6, 6.07) is 15.3. The molecule has 1 unspecified atom stereocenters. The zero-order chi connectivity index (χ0) is 15.8. The van der Waals surface area contributed by atoms with Crippen LogP contribution in [0.4, 0.5) is 0 Å². The first-order chi connectivity index (χ1) is 11.2. The average molecular weight is 320 g/mol. The molecule has 1 heterocycles. The van der Waals surface area contributed by atoms with Gasteiger partial charge in [0.25, 0.3) is 5.91 Å². The second-order valence-corrected chi connectivity index (χ2v) is 5.80. The number of rotatable bonds is 2. The largest absolute Gasteiger partial charge is 0.505 e. The van der Waals surface area contributed by atoms with Crippen molar-refractivity contribution in [2.24, 2.45) is 0 Å². The molecular formula is C20H20N2O2. The van der Waals surface area contributed by atoms with Gasteiger partial charge in [-0.3, -0.25) is 9.78 Å². The molecule has 1 atom stereocenters. The number of aryl methyl sites for hydroxylation is 1. The number of carbonyl (C=O) groups excluding carboxylic acids is 1. The number of pyridine rings is 1. The molecule has 1 aromatic heterocycles. The molecule has 0 radical (unpaired) electrons. The normalized spacial score (nSPS) is 15.6. The van der Waals surface area contributed by atoms with Gasteiger partial charge in [-0.05, 0) is 36.1 Å². The van der Waals surface area contributed by atoms with Gasteiger partial charge in [0.05, 0.1) is 11.6 Å². The van der Waals surface area contributed by atoms with Gasteiger partial charge in [0, 0.05) is 11.6 Å². The molecule has 0 saturated heterocycles. The standard InChI is InChI=1S/C19H16N2O2.CH4/c22-18-15(9-7-13-5-3-11-20-17(13)18)19(23)21-16-10-8-12-4-1-2-6-14(12)16;/h1-7,9,11,16,22H,8,10H2,(H,21,23);1H4. The Balaban J connectivity index is 0.00000169. The summed E-state index contributed by atoms with van der Waals surface area (Å²) in [5.41, 5.74) is 3.16. The average Bonchev–Trinajstić information content (AvgIpc) is 2.98. The van der Waals surface area contributed by atoms with Crippen molar-refractivity contribution in [1.82, 2.24) is 10.3 Å². The van der Waals surface area contributed by atoms with Gasteiger partial charge in [-0.15, -0.1) is 0 Å². The molecule has 2 aromatic carbocycles. The van der Waals surface area contributed by atoms with E-state index in [-0.39, 0.29) is 30.7 Å². The van der Waals surface area contributed by atoms with Gasteiger partial charge < -0.3 is 10.4 Å². The first-order valence-electron chi connectivity index (χ1n) is 7.69. The zero-order valence-electron chi connectivity index (χ0n) is 12.5. The number of hydrogen-bond acceptors (Lipinski definition) is 3. The summed E-state index contributed by atoms with van der Waals surface area (Å²) in [6.45, 7) is 0. The molecule has 4 rings (SSSR count). The molecule has 1 aliphatic rings. The third-order valence-electron chi connectivity index (χ3n) is 4.43. The van der Waals surface area contributed by atoms with Crippen molar-refractivity contribution in [1.29, 1.82) is 0 Å². The fourth-order valence-electron chi connectivity index (χ4n) is 3.26. The van der Waals surface area contributed by atoms with Crippen LogP contribution < -0.4 is 5.32 Å². The number of phenolic OH excluding ortho intramolecular Hbond substituents is 1. The summed E-state index contributed by atoms with van der Waals surface area (Å²) in [6.07, 6.45) is 3.46. The third-order valence-corrected chi connectivity index (χ3v) is 4.43. The lowest BCUT2D eigenvalue weighted by Gasteiger charge is -2.15. The number of benzene rings is 2. The van der Waals surface area contributed by atoms with Crippen molar-refractivity contribution in [2.45, 2.75) is 26.3 Å². The molecule has 1 aliphatic carbocycles. The number of phenols is 1. The summed E-state index contributed by atoms with van der Waals surface area (Å²) in [4.78, 5) is 16.7. The number of hydrogen-bond donors (Lipinski definition) is 2. The Morgan fingerprint density at radius 2 is 1.96 bits per heavy atom. The monoisotopic (exact) mass is 320 g/mol. The summed E-state index contributed by atoms with van der Waals surface area (Å²) in [5, 5.41) is 14.2. The van der Waals surface area contributed by atoms with Crippen molar-refractivity contribution in [3.05, 3.63) is 71.4 Å². The number of nitrogens with one attached hydrogen (secondary N) is 1. The van der Waals surface area contributed by atoms with Crippen LogP contribution in [-0.4, -0.2) is 16.0 Å². The minimum atomic E-state index is -0.267. The minimum absolute atomic E-state index is 0. The Hall–Kier alpha value is -2.88. The number of fused-ring (bicyclic) bond motifs is 2. The maximum atomic E-state index is 12.6. The Morgan fingerprint density at radius 3 is 2.83 bits per heavy atom. The van der Waals surface area contributed by atoms with Gasteiger partial charge >= 0.3 is 0 Å². The molecular weight excluding hydrogens is 300 g/mol. The molecule has 0 saturated carbocycles. The molecule has 24 heavy (non-hydrogen) atoms. The number of aromatic hydroxyl groups is 1. The highest BCUT2D eigenvalue weighted by Gasteiger charge is 2.25. The predicted octanol–water partition coefficient (Wildman–Crippen LogP) is 3.99. The molecule has 0 spiro atoms. The maximum absolute atomic E-state index is 12.6. The van der Waals surface area contributed by atoms with Gasteiger partial charge in [-0.2, -0.15) is 0 Å². The molecule has 0 bridgehead atoms. The van der Waals surface area contributed by atoms with E-state index in [9.17, 15) is 9.90 Å². The van der Waals surface area contributed by atoms with Crippen LogP contribution in [0.3, 0.4) is 0 Å². The van der Waals surface area contributed by atoms with Crippen molar-refractivity contribution in [2.75, 3.05) is 0 Å². The molecule has 0 aliphatic heterocycles. The molecule has 4 heteroatoms. The first-order valence-corrected chi connectivity index (χ1v) is 7.69. The Bertz CT molecular complexity index is 905. The quantitative estimate of drug-likeness (QED) is 0.750. The molecule has 3 aromatic rings. The van der Waals surface area contributed by atoms with Crippen LogP contribution in [0.15, 0.2) is 54.7 Å². The lowest BCUT2D eigenvalue weighted by molar-refractivity contribution is 0.0934. The molecule has 0 fully saturated rings. The zero-order valence-corrected chi connectivity index (χ0v) is 12.5. The van der Waals surface area contributed by atoms with E-state index in [4.69, 9.17) is 0 Å². The van der Waals surface area contributed by atoms with E-state index in [0.29, 0.717) is 5.52 Å². The van der Waals surface area contributed by atoms with Crippen LogP contribution in [0.2, 0.25) is 0 Å². The van der Waals surface area contributed by atoms with Gasteiger partial charge in [0.2, 0.25) is 0 Å². The highest BCUT2D eigenvalue weighted by atomic mass is 16.3. The van der Waals surface area contributed by atoms with Gasteiger partial charge in [0.15, 0.2) is 5.75 Å². The van der Waals surface area contributed by atoms with Crippen molar-refractivity contribution >= 4 is 16.8 Å². The number of amides is 1. The summed E-state index contributed by atoms with van der Waals surface area (Å²) >= 11 is 0. The highest BCUT2D eigenvalue weighted by molar-refractivity contribution is 6.02. The molecule has 122 valence electrons. The van der Waals surface area contributed by atoms with Crippen molar-refractivity contribution < 1.29 is 9.90 Å². The topological polar surface area (TPSA) is 62.2 Å². The number of carbonyl (C=O) groups is 1. The SMILES string of the molecule is C.O=C(NC1CCc2ccccc21)c1ccc2cccnc2c1O. The molecule has 4 nitrogen and oxygen atoms in total. The lowest BCUT2D eigenvalue weighted by atomic mass is 10.1. The van der Waals surface area contributed by atoms with E-state index >= 15 is 0 Å². The predicted molar refractivity (Wildman–Crippen MR) is 95.1 cm³/mol. The Morgan fingerprint density at radius 1 is 1.12 bits per heavy atom. The van der Waals surface area contributed by atoms with E-state index in [0.717, 1.165) is 18.2 Å². The molecule has 2 N–H and O–H groups in total. The van der Waals surface area contributed by atoms with E-state index in [1.165, 1.54) is 11.1 Å². The van der Waals surface area contributed by atoms with Crippen molar-refractivity contribution in [3.8, 4) is 5.75 Å². The summed E-state index contributed by atoms with van der Waals surface area (Å²) in [7, 11) is 0. The second kappa shape index (κ2) is 6.32. The van der Waals surface area contributed by atoms with Crippen LogP contribution in [0.5, 0.6) is 5.75 Å².